The minimum absolute atomic E-state index is 0.0201. The number of benzene rings is 2. The lowest BCUT2D eigenvalue weighted by Gasteiger charge is -2.28. The normalized spacial score (nSPS) is 14.2. The first-order valence-corrected chi connectivity index (χ1v) is 17.9. The third-order valence-corrected chi connectivity index (χ3v) is 8.20. The second-order valence-electron chi connectivity index (χ2n) is 12.2. The van der Waals surface area contributed by atoms with Crippen LogP contribution in [0.4, 0.5) is 13.2 Å². The van der Waals surface area contributed by atoms with Gasteiger partial charge < -0.3 is 16.1 Å². The Labute approximate surface area is 284 Å². The van der Waals surface area contributed by atoms with Crippen molar-refractivity contribution in [2.45, 2.75) is 151 Å². The summed E-state index contributed by atoms with van der Waals surface area (Å²) in [7, 11) is 0. The number of Topliss-reactive ketones (excluding diaryl/α,β-unsaturated/α-hetero) is 1. The van der Waals surface area contributed by atoms with E-state index in [2.05, 4.69) is 43.4 Å². The molecule has 0 radical (unpaired) electrons. The van der Waals surface area contributed by atoms with Crippen molar-refractivity contribution in [2.24, 2.45) is 5.92 Å². The van der Waals surface area contributed by atoms with Crippen molar-refractivity contribution in [1.29, 1.82) is 10.8 Å². The average Bonchev–Trinajstić information content (AvgIpc) is 3.00. The van der Waals surface area contributed by atoms with Gasteiger partial charge >= 0.3 is 0 Å². The van der Waals surface area contributed by atoms with Gasteiger partial charge in [-0.25, -0.2) is 13.2 Å². The topological polar surface area (TPSA) is 76.8 Å². The highest BCUT2D eigenvalue weighted by Gasteiger charge is 2.23. The second kappa shape index (κ2) is 26.2. The van der Waals surface area contributed by atoms with Crippen molar-refractivity contribution in [3.63, 3.8) is 0 Å². The minimum Gasteiger partial charge on any atom is -0.313 e. The maximum Gasteiger partial charge on any atom is 0.264 e. The Morgan fingerprint density at radius 3 is 2.00 bits per heavy atom. The lowest BCUT2D eigenvalue weighted by Crippen LogP contribution is -2.29. The third kappa shape index (κ3) is 17.8. The maximum atomic E-state index is 13.5. The highest BCUT2D eigenvalue weighted by Crippen LogP contribution is 2.32. The summed E-state index contributed by atoms with van der Waals surface area (Å²) in [6, 6.07) is 11.8. The Hall–Kier alpha value is -2.80. The number of hydrogen-bond acceptors (Lipinski definition) is 4. The Bertz CT molecular complexity index is 1160. The highest BCUT2D eigenvalue weighted by molar-refractivity contribution is 5.98. The molecule has 2 aliphatic carbocycles. The fourth-order valence-corrected chi connectivity index (χ4v) is 5.14. The zero-order chi connectivity index (χ0) is 35.8. The fraction of sp³-hybridized carbons (Fsp3) is 0.625. The smallest absolute Gasteiger partial charge is 0.264 e. The van der Waals surface area contributed by atoms with E-state index < -0.39 is 12.6 Å². The number of hydrogen-bond donors (Lipinski definition) is 3. The van der Waals surface area contributed by atoms with Crippen LogP contribution in [0.15, 0.2) is 36.4 Å². The lowest BCUT2D eigenvalue weighted by atomic mass is 9.85. The number of nitrogens with one attached hydrogen (secondary N) is 3. The molecule has 4 rings (SSSR count). The van der Waals surface area contributed by atoms with Gasteiger partial charge in [0.2, 0.25) is 0 Å². The summed E-state index contributed by atoms with van der Waals surface area (Å²) in [5.74, 6) is 0.683. The lowest BCUT2D eigenvalue weighted by molar-refractivity contribution is 0.0980. The van der Waals surface area contributed by atoms with E-state index in [0.29, 0.717) is 29.9 Å². The molecule has 0 amide bonds. The number of carbonyl (C=O) groups excluding carboxylic acids is 1. The van der Waals surface area contributed by atoms with Crippen LogP contribution in [0.3, 0.4) is 0 Å². The molecule has 7 heteroatoms. The van der Waals surface area contributed by atoms with Gasteiger partial charge in [-0.15, -0.1) is 0 Å². The van der Waals surface area contributed by atoms with Crippen LogP contribution < -0.4 is 5.32 Å². The molecule has 0 aromatic heterocycles. The molecular weight excluding hydrogens is 595 g/mol. The third-order valence-electron chi connectivity index (χ3n) is 8.20. The summed E-state index contributed by atoms with van der Waals surface area (Å²) < 4.78 is 38.6. The van der Waals surface area contributed by atoms with E-state index in [0.717, 1.165) is 62.8 Å². The summed E-state index contributed by atoms with van der Waals surface area (Å²) in [6.45, 7) is 16.5. The summed E-state index contributed by atoms with van der Waals surface area (Å²) >= 11 is 0. The first-order valence-electron chi connectivity index (χ1n) is 17.9. The molecule has 0 spiro atoms. The van der Waals surface area contributed by atoms with Crippen molar-refractivity contribution in [3.8, 4) is 0 Å². The summed E-state index contributed by atoms with van der Waals surface area (Å²) in [5, 5.41) is 17.2. The van der Waals surface area contributed by atoms with E-state index in [-0.39, 0.29) is 17.4 Å². The van der Waals surface area contributed by atoms with E-state index in [9.17, 15) is 18.0 Å². The molecule has 4 nitrogen and oxygen atoms in total. The molecule has 0 heterocycles. The molecule has 0 saturated heterocycles. The van der Waals surface area contributed by atoms with Gasteiger partial charge in [0.05, 0.1) is 0 Å². The van der Waals surface area contributed by atoms with Gasteiger partial charge in [-0.3, -0.25) is 4.79 Å². The fourth-order valence-electron chi connectivity index (χ4n) is 5.14. The molecular formula is C40H64F3N3O. The standard InChI is InChI=1S/C20H29F2NO.C12H17N.C4H7F.C2H5N.C2H6/c1-4-7-19(24)17-10-15(11-18(20(21)22)16(17)5-2)13(3)23-12-14-8-6-9-14;1-3-5-12(13)9-11-7-4-6-10(2)8-11;5-4-2-1-3-4;1-2-3;1-2/h10-11,13-14,20,23H,4-9,12H2,1-3H3;4,6-8,13H,3,5,9H2,1-2H3;4H,1-3H2;2-3H,1H3;1-2H3. The molecule has 0 bridgehead atoms. The molecule has 2 saturated carbocycles. The van der Waals surface area contributed by atoms with Gasteiger partial charge in [0.25, 0.3) is 6.43 Å². The predicted molar refractivity (Wildman–Crippen MR) is 196 cm³/mol. The zero-order valence-electron chi connectivity index (χ0n) is 30.6. The summed E-state index contributed by atoms with van der Waals surface area (Å²) in [5.41, 5.74) is 5.20. The molecule has 2 fully saturated rings. The summed E-state index contributed by atoms with van der Waals surface area (Å²) in [4.78, 5) is 12.4. The number of alkyl halides is 3. The number of carbonyl (C=O) groups is 1. The van der Waals surface area contributed by atoms with Gasteiger partial charge in [-0.1, -0.05) is 77.3 Å². The molecule has 2 aromatic rings. The van der Waals surface area contributed by atoms with Crippen LogP contribution in [-0.4, -0.2) is 30.4 Å². The van der Waals surface area contributed by atoms with Crippen molar-refractivity contribution in [3.05, 3.63) is 69.8 Å². The van der Waals surface area contributed by atoms with Gasteiger partial charge in [0.15, 0.2) is 5.78 Å². The SMILES string of the molecule is CC.CC=N.CCCC(=N)Cc1cccc(C)c1.CCCC(=O)c1cc(C(C)NCC2CCC2)cc(C(F)F)c1CC.FC1CCC1. The van der Waals surface area contributed by atoms with E-state index in [1.54, 1.807) is 13.0 Å². The first kappa shape index (κ1) is 44.2. The Balaban J connectivity index is 0.000000762. The van der Waals surface area contributed by atoms with Gasteiger partial charge in [-0.05, 0) is 120 Å². The molecule has 2 aromatic carbocycles. The minimum atomic E-state index is -2.55. The Kier molecular flexibility index (Phi) is 24.6. The maximum absolute atomic E-state index is 13.5. The summed E-state index contributed by atoms with van der Waals surface area (Å²) in [6.07, 6.45) is 9.20. The van der Waals surface area contributed by atoms with Crippen LogP contribution in [0.1, 0.15) is 163 Å². The molecule has 47 heavy (non-hydrogen) atoms. The number of halogens is 3. The monoisotopic (exact) mass is 660 g/mol. The van der Waals surface area contributed by atoms with E-state index in [1.165, 1.54) is 36.6 Å². The molecule has 3 N–H and O–H groups in total. The van der Waals surface area contributed by atoms with E-state index in [1.807, 2.05) is 40.7 Å². The van der Waals surface area contributed by atoms with Crippen molar-refractivity contribution in [1.82, 2.24) is 5.32 Å². The van der Waals surface area contributed by atoms with E-state index in [4.69, 9.17) is 10.8 Å². The van der Waals surface area contributed by atoms with Crippen LogP contribution in [-0.2, 0) is 12.8 Å². The highest BCUT2D eigenvalue weighted by atomic mass is 19.3. The molecule has 1 unspecified atom stereocenters. The van der Waals surface area contributed by atoms with Crippen molar-refractivity contribution < 1.29 is 18.0 Å². The van der Waals surface area contributed by atoms with Crippen molar-refractivity contribution >= 4 is 17.7 Å². The first-order chi connectivity index (χ1) is 22.5. The average molecular weight is 660 g/mol. The van der Waals surface area contributed by atoms with Gasteiger partial charge in [-0.2, -0.15) is 0 Å². The number of aryl methyl sites for hydroxylation is 1. The van der Waals surface area contributed by atoms with Crippen LogP contribution in [0.2, 0.25) is 0 Å². The quantitative estimate of drug-likeness (QED) is 0.148. The van der Waals surface area contributed by atoms with Gasteiger partial charge in [0.1, 0.15) is 6.17 Å². The second-order valence-corrected chi connectivity index (χ2v) is 12.2. The Morgan fingerprint density at radius 2 is 1.57 bits per heavy atom. The Morgan fingerprint density at radius 1 is 1.00 bits per heavy atom. The largest absolute Gasteiger partial charge is 0.313 e. The van der Waals surface area contributed by atoms with Crippen LogP contribution >= 0.6 is 0 Å². The predicted octanol–water partition coefficient (Wildman–Crippen LogP) is 12.2. The van der Waals surface area contributed by atoms with Crippen LogP contribution in [0, 0.1) is 23.7 Å². The van der Waals surface area contributed by atoms with E-state index >= 15 is 0 Å². The number of rotatable bonds is 13. The molecule has 2 aliphatic rings. The van der Waals surface area contributed by atoms with Crippen LogP contribution in [0.25, 0.3) is 0 Å². The molecule has 266 valence electrons. The number of ketones is 1. The molecule has 0 aliphatic heterocycles. The van der Waals surface area contributed by atoms with Crippen molar-refractivity contribution in [2.75, 3.05) is 6.54 Å². The zero-order valence-corrected chi connectivity index (χ0v) is 30.6. The van der Waals surface area contributed by atoms with Gasteiger partial charge in [0, 0.05) is 35.7 Å². The molecule has 1 atom stereocenters. The van der Waals surface area contributed by atoms with Crippen LogP contribution in [0.5, 0.6) is 0 Å².